The van der Waals surface area contributed by atoms with Crippen LogP contribution in [0.15, 0.2) is 60.2 Å². The molecule has 8 heteroatoms. The van der Waals surface area contributed by atoms with Gasteiger partial charge >= 0.3 is 0 Å². The summed E-state index contributed by atoms with van der Waals surface area (Å²) in [5.41, 5.74) is 1.77. The smallest absolute Gasteiger partial charge is 0.255 e. The van der Waals surface area contributed by atoms with E-state index < -0.39 is 18.0 Å². The Labute approximate surface area is 165 Å². The molecule has 5 nitrogen and oxygen atoms in total. The summed E-state index contributed by atoms with van der Waals surface area (Å²) in [7, 11) is 0. The predicted molar refractivity (Wildman–Crippen MR) is 107 cm³/mol. The molecule has 0 bridgehead atoms. The zero-order valence-electron chi connectivity index (χ0n) is 14.2. The molecule has 2 aliphatic heterocycles. The number of fused-ring (bicyclic) bond motifs is 3. The molecule has 0 aliphatic carbocycles. The summed E-state index contributed by atoms with van der Waals surface area (Å²) in [6.07, 6.45) is 1.00. The summed E-state index contributed by atoms with van der Waals surface area (Å²) in [6.45, 7) is 3.68. The van der Waals surface area contributed by atoms with Crippen LogP contribution in [-0.4, -0.2) is 21.8 Å². The highest BCUT2D eigenvalue weighted by Gasteiger charge is 2.43. The lowest BCUT2D eigenvalue weighted by Crippen LogP contribution is -2.51. The molecule has 0 radical (unpaired) electrons. The van der Waals surface area contributed by atoms with Gasteiger partial charge in [0.05, 0.1) is 10.6 Å². The van der Waals surface area contributed by atoms with Crippen LogP contribution in [0.5, 0.6) is 0 Å². The normalized spacial score (nSPS) is 20.7. The summed E-state index contributed by atoms with van der Waals surface area (Å²) in [6, 6.07) is 11.3. The fraction of sp³-hybridized carbons (Fsp3) is 0.158. The van der Waals surface area contributed by atoms with Gasteiger partial charge in [-0.05, 0) is 18.2 Å². The molecule has 138 valence electrons. The van der Waals surface area contributed by atoms with Crippen LogP contribution >= 0.6 is 23.4 Å². The number of amides is 1. The maximum Gasteiger partial charge on any atom is 0.255 e. The largest absolute Gasteiger partial charge is 0.360 e. The van der Waals surface area contributed by atoms with E-state index in [2.05, 4.69) is 22.3 Å². The third kappa shape index (κ3) is 3.17. The van der Waals surface area contributed by atoms with Gasteiger partial charge in [0.2, 0.25) is 0 Å². The van der Waals surface area contributed by atoms with Crippen LogP contribution in [0.2, 0.25) is 5.02 Å². The Kier molecular flexibility index (Phi) is 4.80. The minimum Gasteiger partial charge on any atom is -0.360 e. The molecule has 0 fully saturated rings. The van der Waals surface area contributed by atoms with Crippen molar-refractivity contribution in [3.05, 3.63) is 77.1 Å². The van der Waals surface area contributed by atoms with Crippen molar-refractivity contribution < 1.29 is 9.18 Å². The lowest BCUT2D eigenvalue weighted by molar-refractivity contribution is -0.127. The van der Waals surface area contributed by atoms with E-state index in [0.29, 0.717) is 10.9 Å². The number of amidine groups is 1. The van der Waals surface area contributed by atoms with Crippen molar-refractivity contribution in [3.8, 4) is 0 Å². The number of para-hydroxylation sites is 1. The monoisotopic (exact) mass is 402 g/mol. The number of carbonyl (C=O) groups excluding carboxylic acids is 1. The molecule has 0 spiro atoms. The summed E-state index contributed by atoms with van der Waals surface area (Å²) in [5.74, 6) is -0.0881. The number of anilines is 1. The van der Waals surface area contributed by atoms with E-state index in [1.807, 2.05) is 24.3 Å². The number of nitrogens with one attached hydrogen (secondary N) is 2. The third-order valence-electron chi connectivity index (χ3n) is 4.37. The van der Waals surface area contributed by atoms with Gasteiger partial charge in [-0.25, -0.2) is 4.39 Å². The Morgan fingerprint density at radius 2 is 2.11 bits per heavy atom. The first-order valence-electron chi connectivity index (χ1n) is 8.31. The number of rotatable bonds is 3. The van der Waals surface area contributed by atoms with Crippen molar-refractivity contribution in [1.82, 2.24) is 10.3 Å². The molecule has 2 atom stereocenters. The minimum absolute atomic E-state index is 0.219. The summed E-state index contributed by atoms with van der Waals surface area (Å²) in [5, 5.41) is 13.0. The maximum atomic E-state index is 14.6. The number of nitrogens with zero attached hydrogens (tertiary/aromatic N) is 2. The van der Waals surface area contributed by atoms with Gasteiger partial charge in [-0.1, -0.05) is 53.7 Å². The lowest BCUT2D eigenvalue weighted by Gasteiger charge is -2.43. The molecule has 0 saturated carbocycles. The van der Waals surface area contributed by atoms with Gasteiger partial charge in [0.1, 0.15) is 12.0 Å². The van der Waals surface area contributed by atoms with E-state index in [0.717, 1.165) is 11.3 Å². The van der Waals surface area contributed by atoms with E-state index in [1.54, 1.807) is 23.2 Å². The van der Waals surface area contributed by atoms with Crippen LogP contribution in [-0.2, 0) is 4.79 Å². The van der Waals surface area contributed by atoms with E-state index in [1.165, 1.54) is 17.8 Å². The first-order valence-corrected chi connectivity index (χ1v) is 9.67. The molecular weight excluding hydrogens is 387 g/mol. The fourth-order valence-corrected chi connectivity index (χ4v) is 4.10. The molecule has 0 saturated heterocycles. The van der Waals surface area contributed by atoms with Crippen molar-refractivity contribution in [1.29, 1.82) is 0 Å². The van der Waals surface area contributed by atoms with Gasteiger partial charge < -0.3 is 10.6 Å². The van der Waals surface area contributed by atoms with E-state index in [4.69, 9.17) is 11.6 Å². The second kappa shape index (κ2) is 7.25. The fourth-order valence-electron chi connectivity index (χ4n) is 3.23. The summed E-state index contributed by atoms with van der Waals surface area (Å²) in [4.78, 5) is 12.9. The quantitative estimate of drug-likeness (QED) is 0.753. The predicted octanol–water partition coefficient (Wildman–Crippen LogP) is 4.27. The highest BCUT2D eigenvalue weighted by atomic mass is 35.5. The molecule has 2 heterocycles. The zero-order valence-corrected chi connectivity index (χ0v) is 15.7. The zero-order chi connectivity index (χ0) is 19.0. The Bertz CT molecular complexity index is 931. The van der Waals surface area contributed by atoms with Gasteiger partial charge in [0.15, 0.2) is 11.2 Å². The number of carbonyl (C=O) groups is 1. The third-order valence-corrected chi connectivity index (χ3v) is 5.56. The molecular formula is C19H16ClFN4OS. The van der Waals surface area contributed by atoms with Crippen molar-refractivity contribution in [2.24, 2.45) is 5.10 Å². The summed E-state index contributed by atoms with van der Waals surface area (Å²) >= 11 is 7.65. The number of hydrogen-bond donors (Lipinski definition) is 2. The SMILES string of the molecule is C=CCSC1=NN2[C@H](C(=O)N1)c1ccccc1N[C@H]2c1c(F)cccc1Cl. The molecule has 27 heavy (non-hydrogen) atoms. The first-order chi connectivity index (χ1) is 13.1. The molecule has 2 aromatic rings. The van der Waals surface area contributed by atoms with Crippen LogP contribution in [0.4, 0.5) is 10.1 Å². The number of hydrogen-bond acceptors (Lipinski definition) is 5. The van der Waals surface area contributed by atoms with Gasteiger partial charge in [-0.3, -0.25) is 9.80 Å². The van der Waals surface area contributed by atoms with Crippen LogP contribution in [0.25, 0.3) is 0 Å². The number of hydrazone groups is 1. The Balaban J connectivity index is 1.86. The van der Waals surface area contributed by atoms with Crippen LogP contribution < -0.4 is 10.6 Å². The Morgan fingerprint density at radius 1 is 1.30 bits per heavy atom. The number of halogens is 2. The number of benzene rings is 2. The highest BCUT2D eigenvalue weighted by Crippen LogP contribution is 2.44. The van der Waals surface area contributed by atoms with Gasteiger partial charge in [0.25, 0.3) is 5.91 Å². The second-order valence-electron chi connectivity index (χ2n) is 6.05. The highest BCUT2D eigenvalue weighted by molar-refractivity contribution is 8.14. The maximum absolute atomic E-state index is 14.6. The van der Waals surface area contributed by atoms with Crippen molar-refractivity contribution in [2.75, 3.05) is 11.1 Å². The molecule has 2 aliphatic rings. The molecule has 0 aromatic heterocycles. The van der Waals surface area contributed by atoms with Crippen molar-refractivity contribution >= 4 is 40.1 Å². The molecule has 0 unspecified atom stereocenters. The topological polar surface area (TPSA) is 56.7 Å². The van der Waals surface area contributed by atoms with E-state index in [-0.39, 0.29) is 16.5 Å². The Morgan fingerprint density at radius 3 is 2.89 bits per heavy atom. The van der Waals surface area contributed by atoms with E-state index >= 15 is 0 Å². The molecule has 2 aromatic carbocycles. The van der Waals surface area contributed by atoms with Crippen molar-refractivity contribution in [2.45, 2.75) is 12.2 Å². The van der Waals surface area contributed by atoms with Crippen LogP contribution in [0, 0.1) is 5.82 Å². The van der Waals surface area contributed by atoms with Gasteiger partial charge in [-0.15, -0.1) is 11.7 Å². The Hall–Kier alpha value is -2.51. The first kappa shape index (κ1) is 17.9. The molecule has 2 N–H and O–H groups in total. The molecule has 1 amide bonds. The van der Waals surface area contributed by atoms with E-state index in [9.17, 15) is 9.18 Å². The average Bonchev–Trinajstić information content (AvgIpc) is 2.66. The number of thioether (sulfide) groups is 1. The van der Waals surface area contributed by atoms with Crippen LogP contribution in [0.1, 0.15) is 23.3 Å². The van der Waals surface area contributed by atoms with Crippen LogP contribution in [0.3, 0.4) is 0 Å². The molecule has 4 rings (SSSR count). The summed E-state index contributed by atoms with van der Waals surface area (Å²) < 4.78 is 14.6. The van der Waals surface area contributed by atoms with Crippen molar-refractivity contribution in [3.63, 3.8) is 0 Å². The standard InChI is InChI=1S/C19H16ClFN4OS/c1-2-10-27-19-23-18(26)16-11-6-3-4-9-14(11)22-17(25(16)24-19)15-12(20)7-5-8-13(15)21/h2-9,16-17,22H,1,10H2,(H,23,24,26)/t16-,17+/m0/s1. The average molecular weight is 403 g/mol. The lowest BCUT2D eigenvalue weighted by atomic mass is 9.97. The minimum atomic E-state index is -0.719. The van der Waals surface area contributed by atoms with Gasteiger partial charge in [0, 0.05) is 17.0 Å². The van der Waals surface area contributed by atoms with Gasteiger partial charge in [-0.2, -0.15) is 0 Å². The second-order valence-corrected chi connectivity index (χ2v) is 7.46.